The van der Waals surface area contributed by atoms with E-state index in [-0.39, 0.29) is 12.0 Å². The third-order valence-corrected chi connectivity index (χ3v) is 4.87. The number of nitrogens with zero attached hydrogens (tertiary/aromatic N) is 1. The van der Waals surface area contributed by atoms with Crippen molar-refractivity contribution in [3.63, 3.8) is 0 Å². The van der Waals surface area contributed by atoms with Gasteiger partial charge in [-0.25, -0.2) is 5.43 Å². The second kappa shape index (κ2) is 8.67. The van der Waals surface area contributed by atoms with Gasteiger partial charge in [-0.2, -0.15) is 0 Å². The SMILES string of the molecule is COC(=O)C(NN(c1ccccc1)c1ccccc1)C1CCCCC1. The number of hydrazine groups is 1. The Bertz CT molecular complexity index is 615. The van der Waals surface area contributed by atoms with Crippen molar-refractivity contribution in [3.05, 3.63) is 60.7 Å². The van der Waals surface area contributed by atoms with Crippen LogP contribution in [0.2, 0.25) is 0 Å². The highest BCUT2D eigenvalue weighted by molar-refractivity contribution is 5.77. The van der Waals surface area contributed by atoms with Crippen molar-refractivity contribution in [2.24, 2.45) is 5.92 Å². The van der Waals surface area contributed by atoms with Crippen LogP contribution in [0.15, 0.2) is 60.7 Å². The summed E-state index contributed by atoms with van der Waals surface area (Å²) in [7, 11) is 1.47. The highest BCUT2D eigenvalue weighted by Crippen LogP contribution is 2.29. The molecule has 4 nitrogen and oxygen atoms in total. The summed E-state index contributed by atoms with van der Waals surface area (Å²) in [6.07, 6.45) is 5.73. The highest BCUT2D eigenvalue weighted by atomic mass is 16.5. The van der Waals surface area contributed by atoms with Crippen molar-refractivity contribution >= 4 is 17.3 Å². The maximum Gasteiger partial charge on any atom is 0.324 e. The standard InChI is InChI=1S/C21H26N2O2/c1-25-21(24)20(17-11-5-2-6-12-17)22-23(18-13-7-3-8-14-18)19-15-9-4-10-16-19/h3-4,7-10,13-17,20,22H,2,5-6,11-12H2,1H3. The molecule has 0 bridgehead atoms. The molecule has 0 saturated heterocycles. The lowest BCUT2D eigenvalue weighted by molar-refractivity contribution is -0.145. The van der Waals surface area contributed by atoms with E-state index in [9.17, 15) is 4.79 Å². The fraction of sp³-hybridized carbons (Fsp3) is 0.381. The first-order chi connectivity index (χ1) is 12.3. The summed E-state index contributed by atoms with van der Waals surface area (Å²) in [4.78, 5) is 12.5. The second-order valence-corrected chi connectivity index (χ2v) is 6.53. The van der Waals surface area contributed by atoms with Gasteiger partial charge >= 0.3 is 5.97 Å². The van der Waals surface area contributed by atoms with Crippen LogP contribution in [0.3, 0.4) is 0 Å². The molecular formula is C21H26N2O2. The molecule has 4 heteroatoms. The molecule has 2 aromatic carbocycles. The summed E-state index contributed by atoms with van der Waals surface area (Å²) in [6.45, 7) is 0. The lowest BCUT2D eigenvalue weighted by atomic mass is 9.84. The number of benzene rings is 2. The molecule has 132 valence electrons. The van der Waals surface area contributed by atoms with Gasteiger partial charge in [-0.3, -0.25) is 9.80 Å². The molecule has 0 radical (unpaired) electrons. The molecule has 0 aromatic heterocycles. The van der Waals surface area contributed by atoms with E-state index in [0.29, 0.717) is 5.92 Å². The number of para-hydroxylation sites is 2. The van der Waals surface area contributed by atoms with Gasteiger partial charge in [0.1, 0.15) is 6.04 Å². The Morgan fingerprint density at radius 2 is 1.48 bits per heavy atom. The van der Waals surface area contributed by atoms with Crippen molar-refractivity contribution in [1.29, 1.82) is 0 Å². The molecular weight excluding hydrogens is 312 g/mol. The smallest absolute Gasteiger partial charge is 0.324 e. The summed E-state index contributed by atoms with van der Waals surface area (Å²) in [5, 5.41) is 2.00. The molecule has 3 rings (SSSR count). The van der Waals surface area contributed by atoms with E-state index in [1.807, 2.05) is 65.7 Å². The van der Waals surface area contributed by atoms with E-state index in [2.05, 4.69) is 5.43 Å². The van der Waals surface area contributed by atoms with Gasteiger partial charge in [0.15, 0.2) is 0 Å². The summed E-state index contributed by atoms with van der Waals surface area (Å²) in [5.41, 5.74) is 5.46. The number of carbonyl (C=O) groups excluding carboxylic acids is 1. The Morgan fingerprint density at radius 1 is 0.960 bits per heavy atom. The second-order valence-electron chi connectivity index (χ2n) is 6.53. The van der Waals surface area contributed by atoms with Crippen molar-refractivity contribution in [2.75, 3.05) is 12.1 Å². The molecule has 1 aliphatic rings. The number of carbonyl (C=O) groups is 1. The fourth-order valence-electron chi connectivity index (χ4n) is 3.54. The van der Waals surface area contributed by atoms with Crippen molar-refractivity contribution < 1.29 is 9.53 Å². The van der Waals surface area contributed by atoms with E-state index in [4.69, 9.17) is 4.74 Å². The van der Waals surface area contributed by atoms with Gasteiger partial charge in [-0.15, -0.1) is 0 Å². The monoisotopic (exact) mass is 338 g/mol. The predicted molar refractivity (Wildman–Crippen MR) is 101 cm³/mol. The van der Waals surface area contributed by atoms with Gasteiger partial charge in [0.2, 0.25) is 0 Å². The quantitative estimate of drug-likeness (QED) is 0.624. The molecule has 0 aliphatic heterocycles. The van der Waals surface area contributed by atoms with Crippen LogP contribution in [-0.4, -0.2) is 19.1 Å². The molecule has 1 aliphatic carbocycles. The average molecular weight is 338 g/mol. The van der Waals surface area contributed by atoms with Crippen LogP contribution in [0.25, 0.3) is 0 Å². The molecule has 1 saturated carbocycles. The highest BCUT2D eigenvalue weighted by Gasteiger charge is 2.32. The van der Waals surface area contributed by atoms with Gasteiger partial charge in [-0.05, 0) is 43.0 Å². The van der Waals surface area contributed by atoms with Crippen LogP contribution < -0.4 is 10.4 Å². The molecule has 25 heavy (non-hydrogen) atoms. The maximum atomic E-state index is 12.5. The summed E-state index contributed by atoms with van der Waals surface area (Å²) in [5.74, 6) is 0.111. The van der Waals surface area contributed by atoms with E-state index < -0.39 is 0 Å². The third kappa shape index (κ3) is 4.40. The molecule has 1 unspecified atom stereocenters. The van der Waals surface area contributed by atoms with E-state index >= 15 is 0 Å². The van der Waals surface area contributed by atoms with Crippen LogP contribution in [0, 0.1) is 5.92 Å². The van der Waals surface area contributed by atoms with Crippen LogP contribution in [0.5, 0.6) is 0 Å². The Kier molecular flexibility index (Phi) is 6.07. The maximum absolute atomic E-state index is 12.5. The van der Waals surface area contributed by atoms with E-state index in [0.717, 1.165) is 24.2 Å². The first kappa shape index (κ1) is 17.5. The number of methoxy groups -OCH3 is 1. The van der Waals surface area contributed by atoms with Gasteiger partial charge < -0.3 is 4.74 Å². The largest absolute Gasteiger partial charge is 0.468 e. The molecule has 0 heterocycles. The lowest BCUT2D eigenvalue weighted by Crippen LogP contribution is -2.51. The number of hydrogen-bond acceptors (Lipinski definition) is 4. The van der Waals surface area contributed by atoms with Crippen LogP contribution in [0.1, 0.15) is 32.1 Å². The van der Waals surface area contributed by atoms with Gasteiger partial charge in [-0.1, -0.05) is 55.7 Å². The lowest BCUT2D eigenvalue weighted by Gasteiger charge is -2.35. The van der Waals surface area contributed by atoms with Crippen molar-refractivity contribution in [1.82, 2.24) is 5.43 Å². The predicted octanol–water partition coefficient (Wildman–Crippen LogP) is 4.45. The Morgan fingerprint density at radius 3 is 1.96 bits per heavy atom. The number of nitrogens with one attached hydrogen (secondary N) is 1. The molecule has 0 amide bonds. The Balaban J connectivity index is 1.90. The number of anilines is 2. The molecule has 0 spiro atoms. The minimum absolute atomic E-state index is 0.191. The number of rotatable bonds is 6. The fourth-order valence-corrected chi connectivity index (χ4v) is 3.54. The summed E-state index contributed by atoms with van der Waals surface area (Å²) < 4.78 is 5.11. The zero-order valence-corrected chi connectivity index (χ0v) is 14.7. The Hall–Kier alpha value is -2.33. The minimum atomic E-state index is -0.342. The average Bonchev–Trinajstić information content (AvgIpc) is 2.70. The molecule has 1 N–H and O–H groups in total. The first-order valence-corrected chi connectivity index (χ1v) is 9.04. The van der Waals surface area contributed by atoms with Gasteiger partial charge in [0.05, 0.1) is 18.5 Å². The van der Waals surface area contributed by atoms with Crippen LogP contribution >= 0.6 is 0 Å². The van der Waals surface area contributed by atoms with Crippen molar-refractivity contribution in [3.8, 4) is 0 Å². The summed E-state index contributed by atoms with van der Waals surface area (Å²) in [6, 6.07) is 19.8. The van der Waals surface area contributed by atoms with E-state index in [1.54, 1.807) is 0 Å². The minimum Gasteiger partial charge on any atom is -0.468 e. The Labute approximate surface area is 149 Å². The summed E-state index contributed by atoms with van der Waals surface area (Å²) >= 11 is 0. The zero-order valence-electron chi connectivity index (χ0n) is 14.7. The number of hydrogen-bond donors (Lipinski definition) is 1. The molecule has 2 aromatic rings. The van der Waals surface area contributed by atoms with Crippen molar-refractivity contribution in [2.45, 2.75) is 38.1 Å². The van der Waals surface area contributed by atoms with Gasteiger partial charge in [0.25, 0.3) is 0 Å². The molecule has 1 atom stereocenters. The normalized spacial score (nSPS) is 16.2. The molecule has 1 fully saturated rings. The first-order valence-electron chi connectivity index (χ1n) is 9.04. The zero-order chi connectivity index (χ0) is 17.5. The number of esters is 1. The van der Waals surface area contributed by atoms with E-state index in [1.165, 1.54) is 26.4 Å². The topological polar surface area (TPSA) is 41.6 Å². The van der Waals surface area contributed by atoms with Gasteiger partial charge in [0, 0.05) is 0 Å². The number of ether oxygens (including phenoxy) is 1. The third-order valence-electron chi connectivity index (χ3n) is 4.87. The van der Waals surface area contributed by atoms with Crippen LogP contribution in [-0.2, 0) is 9.53 Å². The van der Waals surface area contributed by atoms with Crippen LogP contribution in [0.4, 0.5) is 11.4 Å².